The van der Waals surface area contributed by atoms with Gasteiger partial charge in [-0.2, -0.15) is 0 Å². The highest BCUT2D eigenvalue weighted by Gasteiger charge is 2.18. The summed E-state index contributed by atoms with van der Waals surface area (Å²) in [5.74, 6) is 0.541. The number of imidazole rings is 1. The van der Waals surface area contributed by atoms with Crippen LogP contribution in [0.15, 0.2) is 60.7 Å². The zero-order chi connectivity index (χ0) is 23.0. The van der Waals surface area contributed by atoms with Crippen LogP contribution in [0.2, 0.25) is 0 Å². The molecule has 4 aromatic rings. The van der Waals surface area contributed by atoms with Gasteiger partial charge >= 0.3 is 5.97 Å². The van der Waals surface area contributed by atoms with Gasteiger partial charge in [0.15, 0.2) is 0 Å². The van der Waals surface area contributed by atoms with Gasteiger partial charge in [-0.15, -0.1) is 0 Å². The second-order valence-corrected chi connectivity index (χ2v) is 9.45. The largest absolute Gasteiger partial charge is 0.457 e. The molecule has 4 rings (SSSR count). The van der Waals surface area contributed by atoms with E-state index in [4.69, 9.17) is 4.74 Å². The van der Waals surface area contributed by atoms with E-state index in [-0.39, 0.29) is 18.0 Å². The van der Waals surface area contributed by atoms with Crippen molar-refractivity contribution in [3.8, 4) is 5.69 Å². The molecule has 3 aromatic carbocycles. The Balaban J connectivity index is 1.57. The van der Waals surface area contributed by atoms with E-state index in [1.54, 1.807) is 0 Å². The van der Waals surface area contributed by atoms with E-state index >= 15 is 0 Å². The van der Waals surface area contributed by atoms with Crippen LogP contribution >= 0.6 is 0 Å². The summed E-state index contributed by atoms with van der Waals surface area (Å²) < 4.78 is 7.79. The average Bonchev–Trinajstić information content (AvgIpc) is 3.07. The maximum Gasteiger partial charge on any atom is 0.338 e. The van der Waals surface area contributed by atoms with E-state index in [0.29, 0.717) is 5.56 Å². The normalized spacial score (nSPS) is 11.7. The lowest BCUT2D eigenvalue weighted by Gasteiger charge is -2.22. The first-order valence-electron chi connectivity index (χ1n) is 11.0. The number of rotatable bonds is 4. The van der Waals surface area contributed by atoms with E-state index in [2.05, 4.69) is 56.3 Å². The number of aromatic nitrogens is 2. The molecule has 4 nitrogen and oxygen atoms in total. The number of fused-ring (bicyclic) bond motifs is 1. The Bertz CT molecular complexity index is 1270. The molecule has 0 aliphatic carbocycles. The summed E-state index contributed by atoms with van der Waals surface area (Å²) in [6, 6.07) is 20.1. The topological polar surface area (TPSA) is 44.1 Å². The third-order valence-corrected chi connectivity index (χ3v) is 5.98. The third kappa shape index (κ3) is 4.18. The number of hydrogen-bond donors (Lipinski definition) is 0. The Labute approximate surface area is 189 Å². The fourth-order valence-electron chi connectivity index (χ4n) is 4.11. The molecule has 32 heavy (non-hydrogen) atoms. The quantitative estimate of drug-likeness (QED) is 0.345. The summed E-state index contributed by atoms with van der Waals surface area (Å²) in [6.07, 6.45) is 0. The van der Waals surface area contributed by atoms with Crippen LogP contribution in [0.1, 0.15) is 59.2 Å². The van der Waals surface area contributed by atoms with E-state index in [1.165, 1.54) is 5.56 Å². The van der Waals surface area contributed by atoms with Gasteiger partial charge in [-0.3, -0.25) is 4.57 Å². The van der Waals surface area contributed by atoms with Crippen LogP contribution in [0.4, 0.5) is 0 Å². The lowest BCUT2D eigenvalue weighted by Crippen LogP contribution is -2.13. The standard InChI is InChI=1S/C28H30N2O2/c1-18-14-22(28(4,5)6)15-19(2)24(18)17-32-27(31)21-12-13-26-25(16-21)29-20(3)30(26)23-10-8-7-9-11-23/h7-16H,17H2,1-6H3. The number of aryl methyl sites for hydroxylation is 3. The molecule has 0 saturated carbocycles. The molecule has 1 aromatic heterocycles. The second kappa shape index (κ2) is 8.27. The molecule has 0 bridgehead atoms. The van der Waals surface area contributed by atoms with Crippen molar-refractivity contribution in [2.45, 2.75) is 53.6 Å². The van der Waals surface area contributed by atoms with Crippen LogP contribution < -0.4 is 0 Å². The molecular formula is C28H30N2O2. The Morgan fingerprint density at radius 3 is 2.22 bits per heavy atom. The zero-order valence-electron chi connectivity index (χ0n) is 19.7. The van der Waals surface area contributed by atoms with Crippen molar-refractivity contribution in [2.75, 3.05) is 0 Å². The van der Waals surface area contributed by atoms with Crippen LogP contribution in [0.25, 0.3) is 16.7 Å². The molecule has 0 saturated heterocycles. The zero-order valence-corrected chi connectivity index (χ0v) is 19.7. The van der Waals surface area contributed by atoms with E-state index in [1.807, 2.05) is 55.5 Å². The summed E-state index contributed by atoms with van der Waals surface area (Å²) in [6.45, 7) is 13.0. The monoisotopic (exact) mass is 426 g/mol. The summed E-state index contributed by atoms with van der Waals surface area (Å²) >= 11 is 0. The number of ether oxygens (including phenoxy) is 1. The van der Waals surface area contributed by atoms with Crippen molar-refractivity contribution in [1.82, 2.24) is 9.55 Å². The van der Waals surface area contributed by atoms with Crippen LogP contribution in [-0.4, -0.2) is 15.5 Å². The summed E-state index contributed by atoms with van der Waals surface area (Å²) in [5.41, 5.74) is 8.04. The summed E-state index contributed by atoms with van der Waals surface area (Å²) in [4.78, 5) is 17.5. The molecule has 4 heteroatoms. The van der Waals surface area contributed by atoms with Gasteiger partial charge in [0.25, 0.3) is 0 Å². The van der Waals surface area contributed by atoms with E-state index in [0.717, 1.165) is 39.2 Å². The molecule has 1 heterocycles. The van der Waals surface area contributed by atoms with Crippen LogP contribution in [0.5, 0.6) is 0 Å². The van der Waals surface area contributed by atoms with Crippen molar-refractivity contribution in [2.24, 2.45) is 0 Å². The lowest BCUT2D eigenvalue weighted by molar-refractivity contribution is 0.0471. The molecule has 0 radical (unpaired) electrons. The van der Waals surface area contributed by atoms with E-state index in [9.17, 15) is 4.79 Å². The Morgan fingerprint density at radius 1 is 0.938 bits per heavy atom. The molecule has 0 N–H and O–H groups in total. The molecular weight excluding hydrogens is 396 g/mol. The van der Waals surface area contributed by atoms with Crippen molar-refractivity contribution in [3.63, 3.8) is 0 Å². The highest BCUT2D eigenvalue weighted by Crippen LogP contribution is 2.28. The molecule has 0 spiro atoms. The smallest absolute Gasteiger partial charge is 0.338 e. The van der Waals surface area contributed by atoms with Crippen molar-refractivity contribution >= 4 is 17.0 Å². The van der Waals surface area contributed by atoms with Gasteiger partial charge in [-0.05, 0) is 78.8 Å². The highest BCUT2D eigenvalue weighted by atomic mass is 16.5. The first-order chi connectivity index (χ1) is 15.1. The van der Waals surface area contributed by atoms with Gasteiger partial charge < -0.3 is 4.74 Å². The van der Waals surface area contributed by atoms with Gasteiger partial charge in [0.05, 0.1) is 16.6 Å². The maximum atomic E-state index is 12.8. The molecule has 0 fully saturated rings. The van der Waals surface area contributed by atoms with Crippen molar-refractivity contribution < 1.29 is 9.53 Å². The maximum absolute atomic E-state index is 12.8. The van der Waals surface area contributed by atoms with E-state index < -0.39 is 0 Å². The first kappa shape index (κ1) is 21.8. The molecule has 0 amide bonds. The predicted molar refractivity (Wildman–Crippen MR) is 130 cm³/mol. The SMILES string of the molecule is Cc1cc(C(C)(C)C)cc(C)c1COC(=O)c1ccc2c(c1)nc(C)n2-c1ccccc1. The Hall–Kier alpha value is -3.40. The minimum atomic E-state index is -0.336. The fourth-order valence-corrected chi connectivity index (χ4v) is 4.11. The molecule has 0 unspecified atom stereocenters. The number of benzene rings is 3. The minimum absolute atomic E-state index is 0.0847. The molecule has 0 aliphatic heterocycles. The van der Waals surface area contributed by atoms with Gasteiger partial charge in [-0.25, -0.2) is 9.78 Å². The number of hydrogen-bond acceptors (Lipinski definition) is 3. The number of para-hydroxylation sites is 1. The Kier molecular flexibility index (Phi) is 5.64. The van der Waals surface area contributed by atoms with Gasteiger partial charge in [0, 0.05) is 5.69 Å². The minimum Gasteiger partial charge on any atom is -0.457 e. The summed E-state index contributed by atoms with van der Waals surface area (Å²) in [7, 11) is 0. The lowest BCUT2D eigenvalue weighted by atomic mass is 9.84. The number of nitrogens with zero attached hydrogens (tertiary/aromatic N) is 2. The number of esters is 1. The molecule has 0 aliphatic rings. The first-order valence-corrected chi connectivity index (χ1v) is 11.0. The van der Waals surface area contributed by atoms with Crippen LogP contribution in [-0.2, 0) is 16.8 Å². The van der Waals surface area contributed by atoms with Crippen molar-refractivity contribution in [3.05, 3.63) is 94.3 Å². The number of carbonyl (C=O) groups is 1. The van der Waals surface area contributed by atoms with Gasteiger partial charge in [-0.1, -0.05) is 51.1 Å². The Morgan fingerprint density at radius 2 is 1.59 bits per heavy atom. The predicted octanol–water partition coefficient (Wildman–Crippen LogP) is 6.61. The second-order valence-electron chi connectivity index (χ2n) is 9.45. The van der Waals surface area contributed by atoms with Crippen LogP contribution in [0.3, 0.4) is 0 Å². The van der Waals surface area contributed by atoms with Crippen molar-refractivity contribution in [1.29, 1.82) is 0 Å². The summed E-state index contributed by atoms with van der Waals surface area (Å²) in [5, 5.41) is 0. The fraction of sp³-hybridized carbons (Fsp3) is 0.286. The average molecular weight is 427 g/mol. The molecule has 0 atom stereocenters. The third-order valence-electron chi connectivity index (χ3n) is 5.98. The van der Waals surface area contributed by atoms with Crippen LogP contribution in [0, 0.1) is 20.8 Å². The van der Waals surface area contributed by atoms with Gasteiger partial charge in [0.1, 0.15) is 12.4 Å². The molecule has 164 valence electrons. The van der Waals surface area contributed by atoms with Gasteiger partial charge in [0.2, 0.25) is 0 Å². The highest BCUT2D eigenvalue weighted by molar-refractivity contribution is 5.94. The number of carbonyl (C=O) groups excluding carboxylic acids is 1.